The van der Waals surface area contributed by atoms with Gasteiger partial charge in [0.15, 0.2) is 0 Å². The van der Waals surface area contributed by atoms with Gasteiger partial charge < -0.3 is 15.3 Å². The highest BCUT2D eigenvalue weighted by molar-refractivity contribution is 4.83. The van der Waals surface area contributed by atoms with Gasteiger partial charge in [0.05, 0.1) is 6.61 Å². The molecule has 0 saturated carbocycles. The fourth-order valence-corrected chi connectivity index (χ4v) is 1.93. The molecule has 0 heterocycles. The summed E-state index contributed by atoms with van der Waals surface area (Å²) in [5.41, 5.74) is -0.129. The molecule has 3 nitrogen and oxygen atoms in total. The Hall–Kier alpha value is -0.120. The van der Waals surface area contributed by atoms with Gasteiger partial charge in [-0.3, -0.25) is 0 Å². The van der Waals surface area contributed by atoms with Gasteiger partial charge in [0.2, 0.25) is 0 Å². The van der Waals surface area contributed by atoms with E-state index in [0.717, 1.165) is 25.9 Å². The normalized spacial score (nSPS) is 17.1. The van der Waals surface area contributed by atoms with Gasteiger partial charge in [-0.05, 0) is 53.2 Å². The maximum absolute atomic E-state index is 9.49. The number of aliphatic hydroxyl groups is 1. The Morgan fingerprint density at radius 2 is 1.94 bits per heavy atom. The number of aliphatic hydroxyl groups excluding tert-OH is 1. The Labute approximate surface area is 108 Å². The van der Waals surface area contributed by atoms with Crippen LogP contribution in [0.2, 0.25) is 0 Å². The molecule has 0 aliphatic heterocycles. The standard InChI is InChI=1S/C14H32N2O/c1-6-8-13(3)16(5)11-9-14(4,12-17)15-10-7-2/h13,15,17H,6-12H2,1-5H3. The molecule has 0 fully saturated rings. The van der Waals surface area contributed by atoms with Crippen molar-refractivity contribution in [1.29, 1.82) is 0 Å². The first-order valence-corrected chi connectivity index (χ1v) is 7.05. The predicted molar refractivity (Wildman–Crippen MR) is 75.4 cm³/mol. The molecule has 2 N–H and O–H groups in total. The topological polar surface area (TPSA) is 35.5 Å². The van der Waals surface area contributed by atoms with E-state index in [1.54, 1.807) is 0 Å². The number of rotatable bonds is 10. The van der Waals surface area contributed by atoms with Gasteiger partial charge in [0.25, 0.3) is 0 Å². The summed E-state index contributed by atoms with van der Waals surface area (Å²) in [6, 6.07) is 0.633. The monoisotopic (exact) mass is 244 g/mol. The van der Waals surface area contributed by atoms with Crippen LogP contribution in [0.5, 0.6) is 0 Å². The van der Waals surface area contributed by atoms with E-state index in [0.29, 0.717) is 6.04 Å². The zero-order valence-corrected chi connectivity index (χ0v) is 12.4. The lowest BCUT2D eigenvalue weighted by Crippen LogP contribution is -2.48. The van der Waals surface area contributed by atoms with E-state index in [2.05, 4.69) is 45.0 Å². The Bertz CT molecular complexity index is 187. The molecule has 0 bridgehead atoms. The summed E-state index contributed by atoms with van der Waals surface area (Å²) in [7, 11) is 2.18. The minimum absolute atomic E-state index is 0.129. The molecule has 0 aliphatic carbocycles. The SMILES string of the molecule is CCCNC(C)(CO)CCN(C)C(C)CCC. The fraction of sp³-hybridized carbons (Fsp3) is 1.00. The van der Waals surface area contributed by atoms with Crippen LogP contribution in [0.3, 0.4) is 0 Å². The van der Waals surface area contributed by atoms with E-state index in [9.17, 15) is 5.11 Å². The molecule has 0 aromatic carbocycles. The Kier molecular flexibility index (Phi) is 8.83. The first-order chi connectivity index (χ1) is 7.99. The Balaban J connectivity index is 4.03. The van der Waals surface area contributed by atoms with E-state index in [1.165, 1.54) is 12.8 Å². The molecule has 0 radical (unpaired) electrons. The van der Waals surface area contributed by atoms with E-state index >= 15 is 0 Å². The van der Waals surface area contributed by atoms with Crippen molar-refractivity contribution in [3.63, 3.8) is 0 Å². The van der Waals surface area contributed by atoms with Gasteiger partial charge in [0, 0.05) is 11.6 Å². The summed E-state index contributed by atoms with van der Waals surface area (Å²) in [6.45, 7) is 11.0. The summed E-state index contributed by atoms with van der Waals surface area (Å²) in [5.74, 6) is 0. The molecule has 0 rings (SSSR count). The van der Waals surface area contributed by atoms with Gasteiger partial charge in [-0.25, -0.2) is 0 Å². The summed E-state index contributed by atoms with van der Waals surface area (Å²) in [5, 5.41) is 12.9. The first-order valence-electron chi connectivity index (χ1n) is 7.05. The van der Waals surface area contributed by atoms with Gasteiger partial charge in [-0.2, -0.15) is 0 Å². The van der Waals surface area contributed by atoms with Gasteiger partial charge in [-0.1, -0.05) is 20.3 Å². The summed E-state index contributed by atoms with van der Waals surface area (Å²) in [4.78, 5) is 2.39. The summed E-state index contributed by atoms with van der Waals surface area (Å²) >= 11 is 0. The third kappa shape index (κ3) is 7.02. The molecule has 2 unspecified atom stereocenters. The second-order valence-electron chi connectivity index (χ2n) is 5.51. The Morgan fingerprint density at radius 1 is 1.29 bits per heavy atom. The van der Waals surface area contributed by atoms with Gasteiger partial charge in [-0.15, -0.1) is 0 Å². The largest absolute Gasteiger partial charge is 0.394 e. The number of hydrogen-bond donors (Lipinski definition) is 2. The highest BCUT2D eigenvalue weighted by Crippen LogP contribution is 2.12. The van der Waals surface area contributed by atoms with Crippen molar-refractivity contribution in [3.05, 3.63) is 0 Å². The number of hydrogen-bond acceptors (Lipinski definition) is 3. The summed E-state index contributed by atoms with van der Waals surface area (Å²) < 4.78 is 0. The molecule has 104 valence electrons. The van der Waals surface area contributed by atoms with Crippen LogP contribution in [-0.2, 0) is 0 Å². The second kappa shape index (κ2) is 8.90. The molecule has 0 aromatic rings. The van der Waals surface area contributed by atoms with Crippen LogP contribution in [0, 0.1) is 0 Å². The van der Waals surface area contributed by atoms with Crippen LogP contribution >= 0.6 is 0 Å². The van der Waals surface area contributed by atoms with Gasteiger partial charge >= 0.3 is 0 Å². The maximum Gasteiger partial charge on any atom is 0.0611 e. The number of nitrogens with zero attached hydrogens (tertiary/aromatic N) is 1. The van der Waals surface area contributed by atoms with E-state index in [-0.39, 0.29) is 12.1 Å². The van der Waals surface area contributed by atoms with Crippen molar-refractivity contribution in [3.8, 4) is 0 Å². The highest BCUT2D eigenvalue weighted by Gasteiger charge is 2.23. The predicted octanol–water partition coefficient (Wildman–Crippen LogP) is 2.25. The van der Waals surface area contributed by atoms with Crippen molar-refractivity contribution >= 4 is 0 Å². The zero-order valence-electron chi connectivity index (χ0n) is 12.4. The average Bonchev–Trinajstić information content (AvgIpc) is 2.33. The molecule has 0 amide bonds. The molecule has 3 heteroatoms. The fourth-order valence-electron chi connectivity index (χ4n) is 1.93. The number of nitrogens with one attached hydrogen (secondary N) is 1. The third-order valence-corrected chi connectivity index (χ3v) is 3.63. The third-order valence-electron chi connectivity index (χ3n) is 3.63. The molecular weight excluding hydrogens is 212 g/mol. The van der Waals surface area contributed by atoms with E-state index in [1.807, 2.05) is 0 Å². The van der Waals surface area contributed by atoms with E-state index in [4.69, 9.17) is 0 Å². The molecule has 0 aromatic heterocycles. The Morgan fingerprint density at radius 3 is 2.41 bits per heavy atom. The lowest BCUT2D eigenvalue weighted by molar-refractivity contribution is 0.141. The molecular formula is C14H32N2O. The highest BCUT2D eigenvalue weighted by atomic mass is 16.3. The average molecular weight is 244 g/mol. The van der Waals surface area contributed by atoms with Crippen molar-refractivity contribution in [2.24, 2.45) is 0 Å². The minimum Gasteiger partial charge on any atom is -0.394 e. The van der Waals surface area contributed by atoms with Crippen LogP contribution in [0.25, 0.3) is 0 Å². The lowest BCUT2D eigenvalue weighted by Gasteiger charge is -2.33. The first kappa shape index (κ1) is 16.9. The van der Waals surface area contributed by atoms with Crippen molar-refractivity contribution in [2.45, 2.75) is 65.0 Å². The second-order valence-corrected chi connectivity index (χ2v) is 5.51. The molecule has 0 spiro atoms. The van der Waals surface area contributed by atoms with Crippen LogP contribution in [0.15, 0.2) is 0 Å². The van der Waals surface area contributed by atoms with Crippen LogP contribution < -0.4 is 5.32 Å². The van der Waals surface area contributed by atoms with Crippen LogP contribution in [-0.4, -0.2) is 48.3 Å². The van der Waals surface area contributed by atoms with Crippen molar-refractivity contribution < 1.29 is 5.11 Å². The molecule has 0 aliphatic rings. The molecule has 2 atom stereocenters. The molecule has 0 saturated heterocycles. The van der Waals surface area contributed by atoms with Gasteiger partial charge in [0.1, 0.15) is 0 Å². The minimum atomic E-state index is -0.129. The van der Waals surface area contributed by atoms with Crippen LogP contribution in [0.4, 0.5) is 0 Å². The van der Waals surface area contributed by atoms with E-state index < -0.39 is 0 Å². The maximum atomic E-state index is 9.49. The quantitative estimate of drug-likeness (QED) is 0.619. The van der Waals surface area contributed by atoms with Crippen LogP contribution in [0.1, 0.15) is 53.4 Å². The van der Waals surface area contributed by atoms with Crippen molar-refractivity contribution in [2.75, 3.05) is 26.7 Å². The molecule has 17 heavy (non-hydrogen) atoms. The smallest absolute Gasteiger partial charge is 0.0611 e. The zero-order chi connectivity index (χ0) is 13.3. The summed E-state index contributed by atoms with van der Waals surface area (Å²) in [6.07, 6.45) is 4.58. The van der Waals surface area contributed by atoms with Crippen molar-refractivity contribution in [1.82, 2.24) is 10.2 Å². The lowest BCUT2D eigenvalue weighted by atomic mass is 9.98.